The molecule has 1 atom stereocenters. The van der Waals surface area contributed by atoms with Gasteiger partial charge in [-0.3, -0.25) is 0 Å². The molecule has 0 saturated carbocycles. The van der Waals surface area contributed by atoms with E-state index in [0.717, 1.165) is 0 Å². The fraction of sp³-hybridized carbons (Fsp3) is 0.0556. The van der Waals surface area contributed by atoms with Crippen molar-refractivity contribution in [2.45, 2.75) is 12.6 Å². The van der Waals surface area contributed by atoms with E-state index in [2.05, 4.69) is 146 Å². The van der Waals surface area contributed by atoms with Gasteiger partial charge in [0, 0.05) is 17.1 Å². The predicted octanol–water partition coefficient (Wildman–Crippen LogP) is 7.76. The summed E-state index contributed by atoms with van der Waals surface area (Å²) in [7, 11) is -1.15. The molecule has 0 amide bonds. The van der Waals surface area contributed by atoms with Crippen LogP contribution in [0.1, 0.15) is 18.1 Å². The first-order valence-corrected chi connectivity index (χ1v) is 15.8. The molecular formula is C36H32FeP2-6. The number of rotatable bonds is 7. The third-order valence-corrected chi connectivity index (χ3v) is 11.8. The first-order chi connectivity index (χ1) is 18.8. The van der Waals surface area contributed by atoms with Crippen molar-refractivity contribution in [3.8, 4) is 0 Å². The minimum absolute atomic E-state index is 0. The molecule has 0 aliphatic carbocycles. The Morgan fingerprint density at radius 3 is 1.23 bits per heavy atom. The van der Waals surface area contributed by atoms with Crippen LogP contribution in [0.25, 0.3) is 0 Å². The van der Waals surface area contributed by atoms with Crippen molar-refractivity contribution in [3.63, 3.8) is 0 Å². The maximum Gasteiger partial charge on any atom is 0 e. The first-order valence-electron chi connectivity index (χ1n) is 13.0. The van der Waals surface area contributed by atoms with Gasteiger partial charge in [-0.2, -0.15) is 6.07 Å². The summed E-state index contributed by atoms with van der Waals surface area (Å²) in [6.45, 7) is 2.42. The van der Waals surface area contributed by atoms with Crippen molar-refractivity contribution in [2.24, 2.45) is 0 Å². The predicted molar refractivity (Wildman–Crippen MR) is 170 cm³/mol. The van der Waals surface area contributed by atoms with Crippen LogP contribution in [0.4, 0.5) is 0 Å². The van der Waals surface area contributed by atoms with E-state index in [-0.39, 0.29) is 17.1 Å². The van der Waals surface area contributed by atoms with Crippen LogP contribution < -0.4 is 26.5 Å². The van der Waals surface area contributed by atoms with Crippen molar-refractivity contribution in [3.05, 3.63) is 175 Å². The second kappa shape index (κ2) is 14.9. The van der Waals surface area contributed by atoms with E-state index in [1.54, 1.807) is 0 Å². The fourth-order valence-corrected chi connectivity index (χ4v) is 10.1. The minimum Gasteiger partial charge on any atom is -0.748 e. The van der Waals surface area contributed by atoms with E-state index < -0.39 is 15.8 Å². The van der Waals surface area contributed by atoms with Crippen LogP contribution in [0.15, 0.2) is 170 Å². The maximum atomic E-state index is 2.42. The number of hydrogen-bond donors (Lipinski definition) is 0. The van der Waals surface area contributed by atoms with E-state index in [4.69, 9.17) is 0 Å². The summed E-state index contributed by atoms with van der Waals surface area (Å²) < 4.78 is 0. The number of hydrogen-bond acceptors (Lipinski definition) is 0. The van der Waals surface area contributed by atoms with Gasteiger partial charge in [0.1, 0.15) is 0 Å². The molecule has 0 aliphatic rings. The van der Waals surface area contributed by atoms with Gasteiger partial charge >= 0.3 is 0 Å². The molecule has 0 heterocycles. The van der Waals surface area contributed by atoms with Crippen molar-refractivity contribution in [1.29, 1.82) is 0 Å². The zero-order chi connectivity index (χ0) is 26.0. The van der Waals surface area contributed by atoms with E-state index in [1.807, 2.05) is 30.3 Å². The normalized spacial score (nSPS) is 11.4. The summed E-state index contributed by atoms with van der Waals surface area (Å²) in [6.07, 6.45) is 0. The van der Waals surface area contributed by atoms with E-state index in [0.29, 0.717) is 5.66 Å². The average Bonchev–Trinajstić information content (AvgIpc) is 3.72. The molecule has 0 unspecified atom stereocenters. The molecular weight excluding hydrogens is 550 g/mol. The van der Waals surface area contributed by atoms with Crippen molar-refractivity contribution in [2.75, 3.05) is 0 Å². The van der Waals surface area contributed by atoms with Crippen LogP contribution in [-0.4, -0.2) is 0 Å². The summed E-state index contributed by atoms with van der Waals surface area (Å²) in [5.41, 5.74) is 1.89. The van der Waals surface area contributed by atoms with Gasteiger partial charge in [0.25, 0.3) is 0 Å². The smallest absolute Gasteiger partial charge is 0 e. The van der Waals surface area contributed by atoms with Gasteiger partial charge in [-0.05, 0) is 42.7 Å². The molecule has 200 valence electrons. The topological polar surface area (TPSA) is 0 Å². The summed E-state index contributed by atoms with van der Waals surface area (Å²) in [4.78, 5) is 0. The van der Waals surface area contributed by atoms with Crippen LogP contribution >= 0.6 is 15.8 Å². The van der Waals surface area contributed by atoms with Gasteiger partial charge in [0.15, 0.2) is 0 Å². The van der Waals surface area contributed by atoms with Gasteiger partial charge in [-0.25, -0.2) is 12.1 Å². The van der Waals surface area contributed by atoms with Crippen molar-refractivity contribution in [1.82, 2.24) is 0 Å². The van der Waals surface area contributed by atoms with Gasteiger partial charge < -0.3 is 30.3 Å². The Bertz CT molecular complexity index is 1360. The van der Waals surface area contributed by atoms with Gasteiger partial charge in [-0.15, -0.1) is 10.9 Å². The van der Waals surface area contributed by atoms with Crippen LogP contribution in [0, 0.1) is 0 Å². The molecule has 6 rings (SSSR count). The molecule has 3 heteroatoms. The maximum absolute atomic E-state index is 2.42. The Labute approximate surface area is 246 Å². The molecule has 0 nitrogen and oxygen atoms in total. The van der Waals surface area contributed by atoms with E-state index in [9.17, 15) is 0 Å². The molecule has 0 N–H and O–H groups in total. The second-order valence-electron chi connectivity index (χ2n) is 9.05. The molecule has 6 aromatic rings. The quantitative estimate of drug-likeness (QED) is 0.103. The molecule has 0 radical (unpaired) electrons. The van der Waals surface area contributed by atoms with Crippen molar-refractivity contribution < 1.29 is 17.1 Å². The molecule has 0 bridgehead atoms. The Morgan fingerprint density at radius 2 is 0.846 bits per heavy atom. The summed E-state index contributed by atoms with van der Waals surface area (Å²) in [5.74, 6) is 0. The standard InChI is InChI=1S/C31H27P2.C5H5.Fe/c1-25(32(26-15-6-2-7-16-26)27-17-8-3-9-18-27)30-23-14-24-31(30)33(28-19-10-4-11-20-28)29-21-12-5-13-22-29;1-2-4-5-3-1;/h2-25H,1H3;1-5H;/q-1;-5;/t25-;;/m1../s1. The molecule has 6 aromatic carbocycles. The van der Waals surface area contributed by atoms with Crippen molar-refractivity contribution >= 4 is 42.4 Å². The Hall–Kier alpha value is -3.04. The van der Waals surface area contributed by atoms with Crippen LogP contribution in [0.5, 0.6) is 0 Å². The molecule has 0 fully saturated rings. The summed E-state index contributed by atoms with van der Waals surface area (Å²) >= 11 is 0. The summed E-state index contributed by atoms with van der Waals surface area (Å²) in [6, 6.07) is 61.2. The molecule has 39 heavy (non-hydrogen) atoms. The zero-order valence-electron chi connectivity index (χ0n) is 22.0. The van der Waals surface area contributed by atoms with Crippen LogP contribution in [0.2, 0.25) is 0 Å². The first kappa shape index (κ1) is 29.0. The largest absolute Gasteiger partial charge is 0.748 e. The Kier molecular flexibility index (Phi) is 11.1. The molecule has 0 aromatic heterocycles. The third kappa shape index (κ3) is 7.33. The zero-order valence-corrected chi connectivity index (χ0v) is 24.9. The Balaban J connectivity index is 0.000000530. The molecule has 0 aliphatic heterocycles. The second-order valence-corrected chi connectivity index (χ2v) is 13.8. The fourth-order valence-electron chi connectivity index (χ4n) is 4.80. The van der Waals surface area contributed by atoms with Crippen LogP contribution in [-0.2, 0) is 17.1 Å². The van der Waals surface area contributed by atoms with E-state index >= 15 is 0 Å². The van der Waals surface area contributed by atoms with Gasteiger partial charge in [-0.1, -0.05) is 128 Å². The molecule has 0 saturated heterocycles. The number of benzene rings is 4. The third-order valence-electron chi connectivity index (χ3n) is 6.56. The van der Waals surface area contributed by atoms with Gasteiger partial charge in [0.2, 0.25) is 0 Å². The summed E-state index contributed by atoms with van der Waals surface area (Å²) in [5, 5.41) is 7.16. The monoisotopic (exact) mass is 582 g/mol. The molecule has 0 spiro atoms. The van der Waals surface area contributed by atoms with Gasteiger partial charge in [0.05, 0.1) is 0 Å². The van der Waals surface area contributed by atoms with E-state index in [1.165, 1.54) is 32.1 Å². The van der Waals surface area contributed by atoms with Crippen LogP contribution in [0.3, 0.4) is 0 Å². The SMILES string of the molecule is C[C@H]([c-]1cccc1P(c1ccccc1)c1ccccc1)P(c1ccccc1)c1ccccc1.[Fe].[cH-]1[cH-][cH-][cH-][cH-]1. The average molecular weight is 582 g/mol. The minimum atomic E-state index is -0.614. The Morgan fingerprint density at radius 1 is 0.487 bits per heavy atom.